The second kappa shape index (κ2) is 6.43. The summed E-state index contributed by atoms with van der Waals surface area (Å²) < 4.78 is 0. The first-order chi connectivity index (χ1) is 8.44. The summed E-state index contributed by atoms with van der Waals surface area (Å²) in [7, 11) is 0. The smallest absolute Gasteiger partial charge is 0.322 e. The molecule has 2 amide bonds. The van der Waals surface area contributed by atoms with Crippen molar-refractivity contribution in [1.82, 2.24) is 5.32 Å². The van der Waals surface area contributed by atoms with Crippen LogP contribution in [0.1, 0.15) is 40.5 Å². The summed E-state index contributed by atoms with van der Waals surface area (Å²) in [5, 5.41) is 3.01. The highest BCUT2D eigenvalue weighted by molar-refractivity contribution is 5.92. The quantitative estimate of drug-likeness (QED) is 0.863. The molecule has 0 spiro atoms. The monoisotopic (exact) mass is 248 g/mol. The van der Waals surface area contributed by atoms with E-state index in [1.54, 1.807) is 0 Å². The second-order valence-electron chi connectivity index (χ2n) is 5.52. The topological polar surface area (TPSA) is 32.3 Å². The molecule has 0 radical (unpaired) electrons. The number of nitrogens with one attached hydrogen (secondary N) is 1. The fourth-order valence-electron chi connectivity index (χ4n) is 1.66. The summed E-state index contributed by atoms with van der Waals surface area (Å²) in [6.07, 6.45) is 2.08. The van der Waals surface area contributed by atoms with Crippen LogP contribution in [0.4, 0.5) is 10.5 Å². The van der Waals surface area contributed by atoms with Gasteiger partial charge in [0.05, 0.1) is 0 Å². The van der Waals surface area contributed by atoms with E-state index in [4.69, 9.17) is 0 Å². The predicted octanol–water partition coefficient (Wildman–Crippen LogP) is 3.80. The third kappa shape index (κ3) is 4.78. The van der Waals surface area contributed by atoms with E-state index in [1.165, 1.54) is 0 Å². The van der Waals surface area contributed by atoms with E-state index >= 15 is 0 Å². The SMILES string of the molecule is CCCCN(C(=O)NC(C)(C)C)c1ccccc1. The van der Waals surface area contributed by atoms with Crippen molar-refractivity contribution in [2.45, 2.75) is 46.1 Å². The number of nitrogens with zero attached hydrogens (tertiary/aromatic N) is 1. The zero-order valence-electron chi connectivity index (χ0n) is 11.9. The number of carbonyl (C=O) groups excluding carboxylic acids is 1. The van der Waals surface area contributed by atoms with Crippen molar-refractivity contribution in [2.75, 3.05) is 11.4 Å². The number of hydrogen-bond acceptors (Lipinski definition) is 1. The standard InChI is InChI=1S/C15H24N2O/c1-5-6-12-17(13-10-8-7-9-11-13)14(18)16-15(2,3)4/h7-11H,5-6,12H2,1-4H3,(H,16,18). The highest BCUT2D eigenvalue weighted by Crippen LogP contribution is 2.15. The van der Waals surface area contributed by atoms with Gasteiger partial charge in [-0.05, 0) is 39.3 Å². The van der Waals surface area contributed by atoms with Crippen molar-refractivity contribution in [3.05, 3.63) is 30.3 Å². The molecule has 0 unspecified atom stereocenters. The Hall–Kier alpha value is -1.51. The summed E-state index contributed by atoms with van der Waals surface area (Å²) in [4.78, 5) is 14.1. The van der Waals surface area contributed by atoms with Gasteiger partial charge in [0.15, 0.2) is 0 Å². The lowest BCUT2D eigenvalue weighted by Crippen LogP contribution is -2.49. The lowest BCUT2D eigenvalue weighted by Gasteiger charge is -2.28. The molecule has 0 bridgehead atoms. The van der Waals surface area contributed by atoms with Gasteiger partial charge in [-0.2, -0.15) is 0 Å². The van der Waals surface area contributed by atoms with Crippen molar-refractivity contribution in [2.24, 2.45) is 0 Å². The summed E-state index contributed by atoms with van der Waals surface area (Å²) >= 11 is 0. The minimum absolute atomic E-state index is 0.0258. The molecule has 0 aliphatic heterocycles. The number of rotatable bonds is 4. The second-order valence-corrected chi connectivity index (χ2v) is 5.52. The number of para-hydroxylation sites is 1. The van der Waals surface area contributed by atoms with Gasteiger partial charge in [-0.1, -0.05) is 31.5 Å². The summed E-state index contributed by atoms with van der Waals surface area (Å²) in [5.74, 6) is 0. The van der Waals surface area contributed by atoms with Crippen LogP contribution in [0.3, 0.4) is 0 Å². The van der Waals surface area contributed by atoms with Gasteiger partial charge >= 0.3 is 6.03 Å². The fourth-order valence-corrected chi connectivity index (χ4v) is 1.66. The van der Waals surface area contributed by atoms with Gasteiger partial charge in [-0.15, -0.1) is 0 Å². The molecule has 0 aliphatic rings. The van der Waals surface area contributed by atoms with Gasteiger partial charge in [0.1, 0.15) is 0 Å². The van der Waals surface area contributed by atoms with Crippen LogP contribution in [0.15, 0.2) is 30.3 Å². The number of unbranched alkanes of at least 4 members (excludes halogenated alkanes) is 1. The van der Waals surface area contributed by atoms with Gasteiger partial charge < -0.3 is 5.32 Å². The molecule has 0 aromatic heterocycles. The van der Waals surface area contributed by atoms with Crippen molar-refractivity contribution in [1.29, 1.82) is 0 Å². The normalized spacial score (nSPS) is 11.1. The number of amides is 2. The van der Waals surface area contributed by atoms with E-state index in [2.05, 4.69) is 12.2 Å². The highest BCUT2D eigenvalue weighted by Gasteiger charge is 2.20. The zero-order chi connectivity index (χ0) is 13.6. The molecule has 0 aliphatic carbocycles. The van der Waals surface area contributed by atoms with E-state index in [0.29, 0.717) is 0 Å². The Kier molecular flexibility index (Phi) is 5.20. The third-order valence-corrected chi connectivity index (χ3v) is 2.53. The zero-order valence-corrected chi connectivity index (χ0v) is 11.9. The van der Waals surface area contributed by atoms with Crippen LogP contribution in [0.5, 0.6) is 0 Å². The molecule has 0 atom stereocenters. The molecule has 1 rings (SSSR count). The first-order valence-electron chi connectivity index (χ1n) is 6.59. The minimum Gasteiger partial charge on any atom is -0.333 e. The van der Waals surface area contributed by atoms with Crippen molar-refractivity contribution >= 4 is 11.7 Å². The molecule has 1 N–H and O–H groups in total. The van der Waals surface area contributed by atoms with E-state index < -0.39 is 0 Å². The van der Waals surface area contributed by atoms with Crippen LogP contribution in [-0.2, 0) is 0 Å². The van der Waals surface area contributed by atoms with E-state index in [0.717, 1.165) is 25.1 Å². The maximum absolute atomic E-state index is 12.3. The molecule has 100 valence electrons. The van der Waals surface area contributed by atoms with Crippen LogP contribution in [0.25, 0.3) is 0 Å². The number of benzene rings is 1. The third-order valence-electron chi connectivity index (χ3n) is 2.53. The van der Waals surface area contributed by atoms with E-state index in [1.807, 2.05) is 56.0 Å². The first-order valence-corrected chi connectivity index (χ1v) is 6.59. The van der Waals surface area contributed by atoms with E-state index in [-0.39, 0.29) is 11.6 Å². The molecule has 1 aromatic rings. The molecule has 0 heterocycles. The Morgan fingerprint density at radius 3 is 2.33 bits per heavy atom. The Morgan fingerprint density at radius 1 is 1.22 bits per heavy atom. The molecule has 0 fully saturated rings. The Balaban J connectivity index is 2.82. The number of hydrogen-bond donors (Lipinski definition) is 1. The van der Waals surface area contributed by atoms with Crippen molar-refractivity contribution in [3.8, 4) is 0 Å². The molecular weight excluding hydrogens is 224 g/mol. The van der Waals surface area contributed by atoms with Gasteiger partial charge in [0, 0.05) is 17.8 Å². The molecule has 18 heavy (non-hydrogen) atoms. The van der Waals surface area contributed by atoms with Crippen LogP contribution in [0, 0.1) is 0 Å². The maximum atomic E-state index is 12.3. The molecule has 3 nitrogen and oxygen atoms in total. The van der Waals surface area contributed by atoms with Crippen LogP contribution < -0.4 is 10.2 Å². The van der Waals surface area contributed by atoms with Crippen LogP contribution >= 0.6 is 0 Å². The molecule has 3 heteroatoms. The lowest BCUT2D eigenvalue weighted by molar-refractivity contribution is 0.237. The Bertz CT molecular complexity index is 368. The molecule has 0 saturated carbocycles. The van der Waals surface area contributed by atoms with Crippen LogP contribution in [0.2, 0.25) is 0 Å². The summed E-state index contributed by atoms with van der Waals surface area (Å²) in [6, 6.07) is 9.79. The fraction of sp³-hybridized carbons (Fsp3) is 0.533. The van der Waals surface area contributed by atoms with Crippen molar-refractivity contribution < 1.29 is 4.79 Å². The van der Waals surface area contributed by atoms with Crippen LogP contribution in [-0.4, -0.2) is 18.1 Å². The molecule has 0 saturated heterocycles. The Labute approximate surface area is 110 Å². The minimum atomic E-state index is -0.212. The summed E-state index contributed by atoms with van der Waals surface area (Å²) in [5.41, 5.74) is 0.740. The maximum Gasteiger partial charge on any atom is 0.322 e. The van der Waals surface area contributed by atoms with Gasteiger partial charge in [0.2, 0.25) is 0 Å². The Morgan fingerprint density at radius 2 is 1.83 bits per heavy atom. The summed E-state index contributed by atoms with van der Waals surface area (Å²) in [6.45, 7) is 8.86. The van der Waals surface area contributed by atoms with E-state index in [9.17, 15) is 4.79 Å². The first kappa shape index (κ1) is 14.6. The average molecular weight is 248 g/mol. The van der Waals surface area contributed by atoms with Gasteiger partial charge in [0.25, 0.3) is 0 Å². The highest BCUT2D eigenvalue weighted by atomic mass is 16.2. The number of carbonyl (C=O) groups is 1. The number of anilines is 1. The largest absolute Gasteiger partial charge is 0.333 e. The number of urea groups is 1. The van der Waals surface area contributed by atoms with Crippen molar-refractivity contribution in [3.63, 3.8) is 0 Å². The van der Waals surface area contributed by atoms with Gasteiger partial charge in [-0.3, -0.25) is 4.90 Å². The van der Waals surface area contributed by atoms with Gasteiger partial charge in [-0.25, -0.2) is 4.79 Å². The predicted molar refractivity (Wildman–Crippen MR) is 77.0 cm³/mol. The molecule has 1 aromatic carbocycles. The molecular formula is C15H24N2O. The average Bonchev–Trinajstić information content (AvgIpc) is 2.28. The lowest BCUT2D eigenvalue weighted by atomic mass is 10.1.